The van der Waals surface area contributed by atoms with Crippen LogP contribution in [0.1, 0.15) is 0 Å². The zero-order chi connectivity index (χ0) is 9.10. The molecule has 0 aliphatic carbocycles. The minimum Gasteiger partial charge on any atom is -0.299 e. The van der Waals surface area contributed by atoms with Crippen molar-refractivity contribution in [1.29, 1.82) is 5.41 Å². The Bertz CT molecular complexity index is 430. The first-order valence-corrected chi connectivity index (χ1v) is 4.01. The summed E-state index contributed by atoms with van der Waals surface area (Å²) in [6.45, 7) is 0. The predicted molar refractivity (Wildman–Crippen MR) is 56.7 cm³/mol. The molecule has 0 amide bonds. The van der Waals surface area contributed by atoms with E-state index in [9.17, 15) is 0 Å². The number of rotatable bonds is 1. The molecule has 0 saturated heterocycles. The van der Waals surface area contributed by atoms with E-state index in [1.807, 2.05) is 30.3 Å². The van der Waals surface area contributed by atoms with Crippen molar-refractivity contribution < 1.29 is 0 Å². The van der Waals surface area contributed by atoms with Gasteiger partial charge in [-0.25, -0.2) is 4.68 Å². The van der Waals surface area contributed by atoms with Gasteiger partial charge in [0, 0.05) is 6.20 Å². The van der Waals surface area contributed by atoms with Crippen molar-refractivity contribution in [2.24, 2.45) is 0 Å². The Morgan fingerprint density at radius 3 is 2.36 bits per heavy atom. The van der Waals surface area contributed by atoms with Crippen LogP contribution in [-0.2, 0) is 0 Å². The van der Waals surface area contributed by atoms with Crippen molar-refractivity contribution in [1.82, 2.24) is 9.78 Å². The summed E-state index contributed by atoms with van der Waals surface area (Å²) >= 11 is 0. The van der Waals surface area contributed by atoms with Gasteiger partial charge in [0.25, 0.3) is 0 Å². The summed E-state index contributed by atoms with van der Waals surface area (Å²) in [4.78, 5) is 0. The smallest absolute Gasteiger partial charge is 0.0756 e. The molecule has 3 nitrogen and oxygen atoms in total. The summed E-state index contributed by atoms with van der Waals surface area (Å²) in [6, 6.07) is 11.5. The zero-order valence-electron chi connectivity index (χ0n) is 7.42. The van der Waals surface area contributed by atoms with Crippen LogP contribution in [0.25, 0.3) is 5.69 Å². The highest BCUT2D eigenvalue weighted by Gasteiger charge is 1.90. The molecule has 0 saturated carbocycles. The number of hydrogen-bond acceptors (Lipinski definition) is 2. The first-order chi connectivity index (χ1) is 6.36. The first kappa shape index (κ1) is 10.5. The highest BCUT2D eigenvalue weighted by molar-refractivity contribution is 5.85. The first-order valence-electron chi connectivity index (χ1n) is 4.01. The fourth-order valence-corrected chi connectivity index (χ4v) is 1.09. The summed E-state index contributed by atoms with van der Waals surface area (Å²) in [7, 11) is 0. The van der Waals surface area contributed by atoms with E-state index in [2.05, 4.69) is 5.10 Å². The molecule has 2 rings (SSSR count). The van der Waals surface area contributed by atoms with Gasteiger partial charge >= 0.3 is 0 Å². The topological polar surface area (TPSA) is 41.7 Å². The van der Waals surface area contributed by atoms with Crippen LogP contribution in [0, 0.1) is 5.41 Å². The van der Waals surface area contributed by atoms with Crippen molar-refractivity contribution in [3.63, 3.8) is 0 Å². The molecule has 1 aromatic carbocycles. The van der Waals surface area contributed by atoms with Gasteiger partial charge in [-0.05, 0) is 18.2 Å². The van der Waals surface area contributed by atoms with Crippen LogP contribution in [0.4, 0.5) is 0 Å². The third kappa shape index (κ3) is 2.20. The monoisotopic (exact) mass is 207 g/mol. The van der Waals surface area contributed by atoms with E-state index >= 15 is 0 Å². The summed E-state index contributed by atoms with van der Waals surface area (Å²) in [5.74, 6) is 0. The highest BCUT2D eigenvalue weighted by atomic mass is 35.5. The second-order valence-corrected chi connectivity index (χ2v) is 2.70. The largest absolute Gasteiger partial charge is 0.299 e. The average molecular weight is 208 g/mol. The Kier molecular flexibility index (Phi) is 3.42. The van der Waals surface area contributed by atoms with Gasteiger partial charge in [0.05, 0.1) is 17.2 Å². The number of nitrogens with zero attached hydrogens (tertiary/aromatic N) is 2. The number of hydrogen-bond donors (Lipinski definition) is 1. The van der Waals surface area contributed by atoms with Crippen molar-refractivity contribution in [3.05, 3.63) is 54.1 Å². The molecule has 0 atom stereocenters. The van der Waals surface area contributed by atoms with Gasteiger partial charge in [-0.2, -0.15) is 5.10 Å². The molecule has 1 aromatic heterocycles. The average Bonchev–Trinajstić information content (AvgIpc) is 2.20. The summed E-state index contributed by atoms with van der Waals surface area (Å²) < 4.78 is 1.73. The Balaban J connectivity index is 0.000000980. The maximum Gasteiger partial charge on any atom is 0.0756 e. The number of benzene rings is 1. The number of aromatic nitrogens is 2. The number of nitrogens with one attached hydrogen (secondary N) is 1. The molecule has 0 fully saturated rings. The third-order valence-electron chi connectivity index (χ3n) is 1.74. The molecule has 0 spiro atoms. The van der Waals surface area contributed by atoms with Gasteiger partial charge in [0.15, 0.2) is 0 Å². The van der Waals surface area contributed by atoms with E-state index in [1.54, 1.807) is 16.9 Å². The quantitative estimate of drug-likeness (QED) is 0.761. The molecule has 1 heterocycles. The Hall–Kier alpha value is -1.61. The molecule has 0 aliphatic heterocycles. The van der Waals surface area contributed by atoms with Crippen molar-refractivity contribution in [3.8, 4) is 5.69 Å². The molecule has 0 bridgehead atoms. The Morgan fingerprint density at radius 2 is 1.79 bits per heavy atom. The molecule has 72 valence electrons. The minimum absolute atomic E-state index is 0. The Labute approximate surface area is 87.9 Å². The summed E-state index contributed by atoms with van der Waals surface area (Å²) in [5.41, 5.74) is 1.00. The van der Waals surface area contributed by atoms with Gasteiger partial charge in [0.2, 0.25) is 0 Å². The third-order valence-corrected chi connectivity index (χ3v) is 1.74. The van der Waals surface area contributed by atoms with E-state index in [4.69, 9.17) is 5.41 Å². The minimum atomic E-state index is 0. The maximum absolute atomic E-state index is 7.28. The normalized spacial score (nSPS) is 9.14. The van der Waals surface area contributed by atoms with Gasteiger partial charge in [-0.1, -0.05) is 18.2 Å². The second kappa shape index (κ2) is 4.58. The standard InChI is InChI=1S/C10H9N3.ClH/c11-9-6-7-13(12-8-9)10-4-2-1-3-5-10;/h1-8,11H;1H. The lowest BCUT2D eigenvalue weighted by molar-refractivity contribution is 0.829. The molecule has 0 aliphatic rings. The van der Waals surface area contributed by atoms with E-state index in [1.165, 1.54) is 6.20 Å². The highest BCUT2D eigenvalue weighted by Crippen LogP contribution is 2.01. The lowest BCUT2D eigenvalue weighted by Gasteiger charge is -2.02. The van der Waals surface area contributed by atoms with E-state index in [0.717, 1.165) is 5.69 Å². The Morgan fingerprint density at radius 1 is 1.07 bits per heavy atom. The van der Waals surface area contributed by atoms with Crippen molar-refractivity contribution in [2.45, 2.75) is 0 Å². The van der Waals surface area contributed by atoms with E-state index in [0.29, 0.717) is 5.36 Å². The van der Waals surface area contributed by atoms with Gasteiger partial charge in [-0.3, -0.25) is 5.41 Å². The van der Waals surface area contributed by atoms with Gasteiger partial charge < -0.3 is 0 Å². The SMILES string of the molecule is Cl.N=c1ccn(-c2ccccc2)nc1. The summed E-state index contributed by atoms with van der Waals surface area (Å²) in [5, 5.41) is 11.8. The van der Waals surface area contributed by atoms with Crippen LogP contribution in [0.2, 0.25) is 0 Å². The van der Waals surface area contributed by atoms with E-state index < -0.39 is 0 Å². The maximum atomic E-state index is 7.28. The second-order valence-electron chi connectivity index (χ2n) is 2.70. The van der Waals surface area contributed by atoms with E-state index in [-0.39, 0.29) is 12.4 Å². The summed E-state index contributed by atoms with van der Waals surface area (Å²) in [6.07, 6.45) is 3.30. The zero-order valence-corrected chi connectivity index (χ0v) is 8.24. The molecule has 14 heavy (non-hydrogen) atoms. The molecular weight excluding hydrogens is 198 g/mol. The molecule has 4 heteroatoms. The predicted octanol–water partition coefficient (Wildman–Crippen LogP) is 1.77. The lowest BCUT2D eigenvalue weighted by Crippen LogP contribution is -2.06. The van der Waals surface area contributed by atoms with Crippen LogP contribution in [0.15, 0.2) is 48.8 Å². The lowest BCUT2D eigenvalue weighted by atomic mass is 10.3. The number of para-hydroxylation sites is 1. The number of halogens is 1. The van der Waals surface area contributed by atoms with Crippen LogP contribution < -0.4 is 5.36 Å². The van der Waals surface area contributed by atoms with Crippen LogP contribution in [0.5, 0.6) is 0 Å². The molecule has 0 unspecified atom stereocenters. The van der Waals surface area contributed by atoms with Crippen LogP contribution in [0.3, 0.4) is 0 Å². The van der Waals surface area contributed by atoms with Gasteiger partial charge in [0.1, 0.15) is 0 Å². The fraction of sp³-hybridized carbons (Fsp3) is 0. The van der Waals surface area contributed by atoms with Crippen LogP contribution in [-0.4, -0.2) is 9.78 Å². The fourth-order valence-electron chi connectivity index (χ4n) is 1.09. The molecular formula is C10H10ClN3. The molecule has 2 aromatic rings. The van der Waals surface area contributed by atoms with Crippen LogP contribution >= 0.6 is 12.4 Å². The molecule has 0 radical (unpaired) electrons. The van der Waals surface area contributed by atoms with Crippen molar-refractivity contribution in [2.75, 3.05) is 0 Å². The molecule has 1 N–H and O–H groups in total. The van der Waals surface area contributed by atoms with Gasteiger partial charge in [-0.15, -0.1) is 12.4 Å². The van der Waals surface area contributed by atoms with Crippen molar-refractivity contribution >= 4 is 12.4 Å².